The van der Waals surface area contributed by atoms with Gasteiger partial charge in [-0.05, 0) is 49.6 Å². The summed E-state index contributed by atoms with van der Waals surface area (Å²) in [5.41, 5.74) is 6.06. The van der Waals surface area contributed by atoms with Gasteiger partial charge in [-0.15, -0.1) is 0 Å². The molecule has 220 valence electrons. The van der Waals surface area contributed by atoms with E-state index in [2.05, 4.69) is 46.1 Å². The number of fused-ring (bicyclic) bond motifs is 5. The Morgan fingerprint density at radius 3 is 2.80 bits per heavy atom. The molecule has 1 saturated carbocycles. The highest BCUT2D eigenvalue weighted by Crippen LogP contribution is 2.60. The van der Waals surface area contributed by atoms with Crippen LogP contribution in [-0.2, 0) is 33.8 Å². The summed E-state index contributed by atoms with van der Waals surface area (Å²) in [5, 5.41) is 5.05. The topological polar surface area (TPSA) is 101 Å². The zero-order valence-electron chi connectivity index (χ0n) is 25.2. The number of hydrogen-bond acceptors (Lipinski definition) is 7. The summed E-state index contributed by atoms with van der Waals surface area (Å²) >= 11 is 0. The van der Waals surface area contributed by atoms with Crippen molar-refractivity contribution in [3.63, 3.8) is 0 Å². The number of carbonyl (C=O) groups excluding carboxylic acids is 1. The van der Waals surface area contributed by atoms with E-state index in [9.17, 15) is 4.79 Å². The summed E-state index contributed by atoms with van der Waals surface area (Å²) in [6.45, 7) is 14.4. The molecule has 6 heterocycles. The van der Waals surface area contributed by atoms with Crippen LogP contribution in [0, 0.1) is 11.3 Å². The lowest BCUT2D eigenvalue weighted by Crippen LogP contribution is -2.61. The van der Waals surface area contributed by atoms with Crippen LogP contribution >= 0.6 is 0 Å². The number of carbonyl (C=O) groups is 1. The van der Waals surface area contributed by atoms with Crippen molar-refractivity contribution in [1.29, 1.82) is 0 Å². The zero-order chi connectivity index (χ0) is 28.7. The molecule has 3 saturated heterocycles. The fraction of sp³-hybridized carbons (Fsp3) is 0.667. The summed E-state index contributed by atoms with van der Waals surface area (Å²) in [6, 6.07) is 2.88. The van der Waals surface area contributed by atoms with Gasteiger partial charge in [-0.2, -0.15) is 5.10 Å². The molecule has 3 unspecified atom stereocenters. The minimum atomic E-state index is -1.15. The Morgan fingerprint density at radius 2 is 2.07 bits per heavy atom. The van der Waals surface area contributed by atoms with Crippen molar-refractivity contribution >= 4 is 30.8 Å². The molecule has 5 aliphatic rings. The maximum Gasteiger partial charge on any atom is 0.243 e. The number of ether oxygens (including phenoxy) is 2. The smallest absolute Gasteiger partial charge is 0.243 e. The number of anilines is 1. The molecule has 1 N–H and O–H groups in total. The molecule has 2 aliphatic carbocycles. The number of morpholine rings is 1. The zero-order valence-corrected chi connectivity index (χ0v) is 26.2. The van der Waals surface area contributed by atoms with Gasteiger partial charge in [-0.3, -0.25) is 9.69 Å². The van der Waals surface area contributed by atoms with Crippen LogP contribution in [0.2, 0.25) is 25.7 Å². The Balaban J connectivity index is 1.12. The quantitative estimate of drug-likeness (QED) is 0.302. The van der Waals surface area contributed by atoms with Gasteiger partial charge in [0.05, 0.1) is 30.1 Å². The molecule has 3 aliphatic heterocycles. The number of imidazole rings is 1. The van der Waals surface area contributed by atoms with Crippen molar-refractivity contribution in [2.24, 2.45) is 11.3 Å². The van der Waals surface area contributed by atoms with E-state index in [0.29, 0.717) is 23.7 Å². The van der Waals surface area contributed by atoms with Crippen molar-refractivity contribution in [3.8, 4) is 11.5 Å². The Bertz CT molecular complexity index is 1480. The maximum atomic E-state index is 13.4. The first-order valence-corrected chi connectivity index (χ1v) is 18.9. The minimum absolute atomic E-state index is 0.0534. The number of nitrogens with one attached hydrogen (secondary N) is 1. The Morgan fingerprint density at radius 1 is 1.32 bits per heavy atom. The van der Waals surface area contributed by atoms with E-state index in [4.69, 9.17) is 19.6 Å². The monoisotopic (exact) mass is 577 g/mol. The molecule has 0 radical (unpaired) electrons. The molecule has 4 fully saturated rings. The average molecular weight is 578 g/mol. The largest absolute Gasteiger partial charge is 0.372 e. The second-order valence-electron chi connectivity index (χ2n) is 14.3. The van der Waals surface area contributed by atoms with Crippen molar-refractivity contribution in [2.75, 3.05) is 31.6 Å². The molecule has 0 spiro atoms. The highest BCUT2D eigenvalue weighted by Gasteiger charge is 2.54. The fourth-order valence-corrected chi connectivity index (χ4v) is 7.64. The first kappa shape index (κ1) is 27.2. The molecule has 41 heavy (non-hydrogen) atoms. The molecular weight excluding hydrogens is 534 g/mol. The average Bonchev–Trinajstić information content (AvgIpc) is 3.23. The third-order valence-corrected chi connectivity index (χ3v) is 11.6. The molecule has 3 aromatic rings. The number of pyridine rings is 1. The first-order valence-electron chi connectivity index (χ1n) is 15.2. The van der Waals surface area contributed by atoms with Crippen LogP contribution in [-0.4, -0.2) is 88.6 Å². The number of aromatic amines is 1. The summed E-state index contributed by atoms with van der Waals surface area (Å²) in [5.74, 6) is 1.51. The number of aromatic nitrogens is 5. The molecule has 8 rings (SSSR count). The normalized spacial score (nSPS) is 27.7. The summed E-state index contributed by atoms with van der Waals surface area (Å²) in [4.78, 5) is 30.3. The SMILES string of the molecule is CC(C(=O)N(C)c1cnc2[nH]c(-c3nn(COCC[Si](C)(C)C)c4c3C[C@@H]3C[C@]3(C)C4)nc2c1)N1CC2CC(C1)O2. The van der Waals surface area contributed by atoms with E-state index in [-0.39, 0.29) is 24.2 Å². The van der Waals surface area contributed by atoms with Crippen molar-refractivity contribution in [3.05, 3.63) is 23.5 Å². The van der Waals surface area contributed by atoms with Crippen LogP contribution < -0.4 is 4.90 Å². The van der Waals surface area contributed by atoms with Crippen LogP contribution in [0.3, 0.4) is 0 Å². The van der Waals surface area contributed by atoms with Gasteiger partial charge in [-0.25, -0.2) is 14.6 Å². The van der Waals surface area contributed by atoms with E-state index in [1.807, 2.05) is 20.0 Å². The Kier molecular flexibility index (Phi) is 6.46. The van der Waals surface area contributed by atoms with Crippen LogP contribution in [0.1, 0.15) is 37.9 Å². The van der Waals surface area contributed by atoms with Gasteiger partial charge in [0, 0.05) is 52.5 Å². The van der Waals surface area contributed by atoms with Gasteiger partial charge in [0.1, 0.15) is 17.9 Å². The molecule has 3 aromatic heterocycles. The summed E-state index contributed by atoms with van der Waals surface area (Å²) < 4.78 is 14.0. The number of rotatable bonds is 9. The van der Waals surface area contributed by atoms with Gasteiger partial charge in [0.15, 0.2) is 11.5 Å². The molecule has 10 nitrogen and oxygen atoms in total. The third-order valence-electron chi connectivity index (χ3n) is 9.89. The van der Waals surface area contributed by atoms with Gasteiger partial charge < -0.3 is 19.4 Å². The van der Waals surface area contributed by atoms with Gasteiger partial charge >= 0.3 is 0 Å². The van der Waals surface area contributed by atoms with Crippen LogP contribution in [0.4, 0.5) is 5.69 Å². The number of piperidine rings is 1. The van der Waals surface area contributed by atoms with Gasteiger partial charge in [0.25, 0.3) is 0 Å². The van der Waals surface area contributed by atoms with E-state index < -0.39 is 8.07 Å². The lowest BCUT2D eigenvalue weighted by molar-refractivity contribution is -0.187. The van der Waals surface area contributed by atoms with E-state index in [1.165, 1.54) is 17.7 Å². The Hall–Kier alpha value is -2.60. The van der Waals surface area contributed by atoms with Crippen molar-refractivity contribution in [1.82, 2.24) is 29.6 Å². The molecular formula is C30H43N7O3Si. The maximum absolute atomic E-state index is 13.4. The lowest BCUT2D eigenvalue weighted by atomic mass is 9.87. The number of H-pyrrole nitrogens is 1. The van der Waals surface area contributed by atoms with Gasteiger partial charge in [0.2, 0.25) is 5.91 Å². The summed E-state index contributed by atoms with van der Waals surface area (Å²) in [7, 11) is 0.671. The molecule has 2 bridgehead atoms. The fourth-order valence-electron chi connectivity index (χ4n) is 6.89. The molecule has 1 amide bonds. The van der Waals surface area contributed by atoms with E-state index >= 15 is 0 Å². The van der Waals surface area contributed by atoms with Crippen LogP contribution in [0.5, 0.6) is 0 Å². The Labute approximate surface area is 242 Å². The second kappa shape index (κ2) is 9.72. The van der Waals surface area contributed by atoms with E-state index in [1.54, 1.807) is 11.1 Å². The van der Waals surface area contributed by atoms with Crippen molar-refractivity contribution < 1.29 is 14.3 Å². The number of nitrogens with zero attached hydrogens (tertiary/aromatic N) is 6. The minimum Gasteiger partial charge on any atom is -0.372 e. The molecule has 5 atom stereocenters. The number of amides is 1. The highest BCUT2D eigenvalue weighted by atomic mass is 28.3. The predicted octanol–water partition coefficient (Wildman–Crippen LogP) is 4.08. The van der Waals surface area contributed by atoms with Crippen LogP contribution in [0.25, 0.3) is 22.7 Å². The predicted molar refractivity (Wildman–Crippen MR) is 161 cm³/mol. The van der Waals surface area contributed by atoms with Crippen LogP contribution in [0.15, 0.2) is 12.3 Å². The second-order valence-corrected chi connectivity index (χ2v) is 20.0. The highest BCUT2D eigenvalue weighted by molar-refractivity contribution is 6.76. The van der Waals surface area contributed by atoms with Crippen molar-refractivity contribution in [2.45, 2.75) is 90.2 Å². The first-order chi connectivity index (χ1) is 19.5. The van der Waals surface area contributed by atoms with E-state index in [0.717, 1.165) is 67.7 Å². The standard InChI is InChI=1S/C30H43N7O3Si/c1-18(36-15-21-11-22(16-36)40-21)29(38)35(3)20-10-24-27(31-14-20)33-28(32-24)26-23-9-19-12-30(19,2)13-25(23)37(34-26)17-39-7-8-41(4,5)6/h10,14,18-19,21-22H,7-9,11-13,15-17H2,1-6H3,(H,31,32,33)/t18?,19-,21?,22?,30-/m1/s1. The lowest BCUT2D eigenvalue weighted by Gasteiger charge is -2.48. The molecule has 11 heteroatoms. The summed E-state index contributed by atoms with van der Waals surface area (Å²) in [6.07, 6.45) is 6.75. The number of hydrogen-bond donors (Lipinski definition) is 1. The van der Waals surface area contributed by atoms with Gasteiger partial charge in [-0.1, -0.05) is 26.6 Å². The number of likely N-dealkylation sites (N-methyl/N-ethyl adjacent to an activating group) is 1. The third kappa shape index (κ3) is 5.04. The molecule has 0 aromatic carbocycles.